The van der Waals surface area contributed by atoms with E-state index in [9.17, 15) is 9.59 Å². The summed E-state index contributed by atoms with van der Waals surface area (Å²) in [4.78, 5) is 29.0. The molecule has 0 saturated heterocycles. The van der Waals surface area contributed by atoms with E-state index in [0.29, 0.717) is 27.8 Å². The molecule has 4 rings (SSSR count). The van der Waals surface area contributed by atoms with Crippen LogP contribution in [0.25, 0.3) is 0 Å². The first-order valence-corrected chi connectivity index (χ1v) is 13.4. The number of para-hydroxylation sites is 1. The molecule has 0 heterocycles. The van der Waals surface area contributed by atoms with Crippen LogP contribution in [0, 0.1) is 6.92 Å². The lowest BCUT2D eigenvalue weighted by molar-refractivity contribution is -0.143. The summed E-state index contributed by atoms with van der Waals surface area (Å²) in [5, 5.41) is 4.15. The van der Waals surface area contributed by atoms with Crippen molar-refractivity contribution in [1.29, 1.82) is 0 Å². The van der Waals surface area contributed by atoms with Crippen molar-refractivity contribution >= 4 is 35.0 Å². The Morgan fingerprint density at radius 3 is 2.41 bits per heavy atom. The molecule has 5 nitrogen and oxygen atoms in total. The van der Waals surface area contributed by atoms with Crippen LogP contribution in [0.2, 0.25) is 10.0 Å². The maximum atomic E-state index is 13.7. The molecule has 0 unspecified atom stereocenters. The van der Waals surface area contributed by atoms with Crippen LogP contribution in [-0.4, -0.2) is 35.4 Å². The van der Waals surface area contributed by atoms with Crippen LogP contribution in [0.3, 0.4) is 0 Å². The number of carbonyl (C=O) groups is 2. The fourth-order valence-corrected chi connectivity index (χ4v) is 5.16. The van der Waals surface area contributed by atoms with Gasteiger partial charge in [0.1, 0.15) is 11.8 Å². The Labute approximate surface area is 228 Å². The van der Waals surface area contributed by atoms with E-state index >= 15 is 0 Å². The lowest BCUT2D eigenvalue weighted by atomic mass is 10.0. The van der Waals surface area contributed by atoms with Gasteiger partial charge in [0.15, 0.2) is 6.61 Å². The molecule has 1 aliphatic rings. The second-order valence-electron chi connectivity index (χ2n) is 9.51. The molecule has 0 aromatic heterocycles. The summed E-state index contributed by atoms with van der Waals surface area (Å²) >= 11 is 12.6. The van der Waals surface area contributed by atoms with Crippen molar-refractivity contribution in [2.75, 3.05) is 6.61 Å². The van der Waals surface area contributed by atoms with E-state index in [1.807, 2.05) is 61.5 Å². The second kappa shape index (κ2) is 13.0. The van der Waals surface area contributed by atoms with E-state index in [1.54, 1.807) is 23.1 Å². The van der Waals surface area contributed by atoms with Crippen LogP contribution in [-0.2, 0) is 22.6 Å². The summed E-state index contributed by atoms with van der Waals surface area (Å²) in [6, 6.07) is 21.9. The normalized spacial score (nSPS) is 14.2. The Morgan fingerprint density at radius 1 is 1.00 bits per heavy atom. The number of hydrogen-bond donors (Lipinski definition) is 1. The molecule has 1 fully saturated rings. The maximum Gasteiger partial charge on any atom is 0.261 e. The minimum absolute atomic E-state index is 0.130. The predicted molar refractivity (Wildman–Crippen MR) is 148 cm³/mol. The van der Waals surface area contributed by atoms with Crippen molar-refractivity contribution in [2.45, 2.75) is 57.7 Å². The lowest BCUT2D eigenvalue weighted by Crippen LogP contribution is -2.53. The zero-order valence-electron chi connectivity index (χ0n) is 21.0. The first-order valence-electron chi connectivity index (χ1n) is 12.7. The summed E-state index contributed by atoms with van der Waals surface area (Å²) in [6.07, 6.45) is 4.48. The van der Waals surface area contributed by atoms with Gasteiger partial charge >= 0.3 is 0 Å². The number of benzene rings is 3. The highest BCUT2D eigenvalue weighted by Crippen LogP contribution is 2.25. The van der Waals surface area contributed by atoms with Crippen LogP contribution in [0.4, 0.5) is 0 Å². The minimum Gasteiger partial charge on any atom is -0.484 e. The van der Waals surface area contributed by atoms with Crippen molar-refractivity contribution in [3.63, 3.8) is 0 Å². The van der Waals surface area contributed by atoms with Crippen molar-refractivity contribution in [3.05, 3.63) is 99.5 Å². The van der Waals surface area contributed by atoms with Crippen molar-refractivity contribution in [1.82, 2.24) is 10.2 Å². The molecule has 1 N–H and O–H groups in total. The van der Waals surface area contributed by atoms with Gasteiger partial charge in [0.2, 0.25) is 5.91 Å². The monoisotopic (exact) mass is 538 g/mol. The number of amides is 2. The molecule has 7 heteroatoms. The van der Waals surface area contributed by atoms with E-state index in [-0.39, 0.29) is 31.0 Å². The van der Waals surface area contributed by atoms with Crippen LogP contribution < -0.4 is 10.1 Å². The summed E-state index contributed by atoms with van der Waals surface area (Å²) < 4.78 is 5.90. The van der Waals surface area contributed by atoms with Crippen molar-refractivity contribution in [3.8, 4) is 5.75 Å². The Morgan fingerprint density at radius 2 is 1.70 bits per heavy atom. The summed E-state index contributed by atoms with van der Waals surface area (Å²) in [5.74, 6) is 0.178. The third-order valence-corrected chi connectivity index (χ3v) is 7.36. The lowest BCUT2D eigenvalue weighted by Gasteiger charge is -2.32. The molecule has 37 heavy (non-hydrogen) atoms. The number of carbonyl (C=O) groups excluding carboxylic acids is 2. The number of nitrogens with one attached hydrogen (secondary N) is 1. The number of rotatable bonds is 10. The van der Waals surface area contributed by atoms with E-state index in [2.05, 4.69) is 5.32 Å². The molecule has 0 aliphatic heterocycles. The zero-order valence-corrected chi connectivity index (χ0v) is 22.5. The molecule has 1 aliphatic carbocycles. The van der Waals surface area contributed by atoms with Crippen LogP contribution in [0.1, 0.15) is 42.4 Å². The summed E-state index contributed by atoms with van der Waals surface area (Å²) in [7, 11) is 0. The number of ether oxygens (including phenoxy) is 1. The van der Waals surface area contributed by atoms with Gasteiger partial charge in [-0.25, -0.2) is 0 Å². The molecule has 0 spiro atoms. The maximum absolute atomic E-state index is 13.7. The third kappa shape index (κ3) is 7.50. The number of halogens is 2. The smallest absolute Gasteiger partial charge is 0.261 e. The molecule has 3 aromatic carbocycles. The predicted octanol–water partition coefficient (Wildman–Crippen LogP) is 6.38. The SMILES string of the molecule is Cc1ccccc1OCC(=O)N(Cc1ccc(Cl)cc1Cl)[C@H](Cc1ccccc1)C(=O)NC1CCCC1. The molecule has 0 radical (unpaired) electrons. The summed E-state index contributed by atoms with van der Waals surface area (Å²) in [5.41, 5.74) is 2.61. The van der Waals surface area contributed by atoms with E-state index < -0.39 is 6.04 Å². The fraction of sp³-hybridized carbons (Fsp3) is 0.333. The van der Waals surface area contributed by atoms with Gasteiger partial charge in [0.05, 0.1) is 0 Å². The van der Waals surface area contributed by atoms with Gasteiger partial charge in [0, 0.05) is 29.1 Å². The number of hydrogen-bond acceptors (Lipinski definition) is 3. The van der Waals surface area contributed by atoms with E-state index in [4.69, 9.17) is 27.9 Å². The van der Waals surface area contributed by atoms with Gasteiger partial charge in [-0.3, -0.25) is 9.59 Å². The highest BCUT2D eigenvalue weighted by molar-refractivity contribution is 6.35. The highest BCUT2D eigenvalue weighted by Gasteiger charge is 2.32. The van der Waals surface area contributed by atoms with Crippen molar-refractivity contribution in [2.24, 2.45) is 0 Å². The zero-order chi connectivity index (χ0) is 26.2. The first kappa shape index (κ1) is 27.0. The number of aryl methyl sites for hydroxylation is 1. The third-order valence-electron chi connectivity index (χ3n) is 6.77. The second-order valence-corrected chi connectivity index (χ2v) is 10.4. The molecule has 1 saturated carbocycles. The summed E-state index contributed by atoms with van der Waals surface area (Å²) in [6.45, 7) is 1.89. The standard InChI is InChI=1S/C30H32Cl2N2O3/c1-21-9-5-8-14-28(21)37-20-29(35)34(19-23-15-16-24(31)18-26(23)32)27(17-22-10-3-2-4-11-22)30(36)33-25-12-6-7-13-25/h2-5,8-11,14-16,18,25,27H,6-7,12-13,17,19-20H2,1H3,(H,33,36)/t27-/m1/s1. The molecule has 194 valence electrons. The molecule has 0 bridgehead atoms. The molecule has 1 atom stereocenters. The van der Waals surface area contributed by atoms with Gasteiger partial charge < -0.3 is 15.0 Å². The minimum atomic E-state index is -0.734. The van der Waals surface area contributed by atoms with E-state index in [1.165, 1.54) is 0 Å². The Hall–Kier alpha value is -3.02. The Bertz CT molecular complexity index is 1210. The van der Waals surface area contributed by atoms with Crippen LogP contribution in [0.15, 0.2) is 72.8 Å². The van der Waals surface area contributed by atoms with Crippen LogP contribution in [0.5, 0.6) is 5.75 Å². The average Bonchev–Trinajstić information content (AvgIpc) is 3.40. The molecular formula is C30H32Cl2N2O3. The van der Waals surface area contributed by atoms with E-state index in [0.717, 1.165) is 36.8 Å². The van der Waals surface area contributed by atoms with Gasteiger partial charge in [-0.1, -0.05) is 90.6 Å². The fourth-order valence-electron chi connectivity index (χ4n) is 4.70. The molecule has 3 aromatic rings. The first-order chi connectivity index (χ1) is 17.9. The largest absolute Gasteiger partial charge is 0.484 e. The van der Waals surface area contributed by atoms with Gasteiger partial charge in [-0.15, -0.1) is 0 Å². The van der Waals surface area contributed by atoms with Gasteiger partial charge in [-0.2, -0.15) is 0 Å². The van der Waals surface area contributed by atoms with Crippen LogP contribution >= 0.6 is 23.2 Å². The average molecular weight is 540 g/mol. The Balaban J connectivity index is 1.64. The molecular weight excluding hydrogens is 507 g/mol. The Kier molecular flexibility index (Phi) is 9.48. The van der Waals surface area contributed by atoms with Gasteiger partial charge in [-0.05, 0) is 54.7 Å². The molecule has 2 amide bonds. The topological polar surface area (TPSA) is 58.6 Å². The number of nitrogens with zero attached hydrogens (tertiary/aromatic N) is 1. The van der Waals surface area contributed by atoms with Crippen molar-refractivity contribution < 1.29 is 14.3 Å². The van der Waals surface area contributed by atoms with Gasteiger partial charge in [0.25, 0.3) is 5.91 Å². The highest BCUT2D eigenvalue weighted by atomic mass is 35.5. The quantitative estimate of drug-likeness (QED) is 0.325.